The molecule has 0 atom stereocenters. The lowest BCUT2D eigenvalue weighted by molar-refractivity contribution is 1.16. The van der Waals surface area contributed by atoms with Crippen molar-refractivity contribution in [2.45, 2.75) is 0 Å². The third kappa shape index (κ3) is 4.39. The number of hydrogen-bond donors (Lipinski definition) is 0. The van der Waals surface area contributed by atoms with E-state index in [4.69, 9.17) is 0 Å². The molecule has 0 fully saturated rings. The minimum atomic E-state index is 0.575. The Balaban J connectivity index is 1.14. The number of para-hydroxylation sites is 5. The number of benzene rings is 8. The first-order chi connectivity index (χ1) is 27.2. The molecule has 3 heterocycles. The van der Waals surface area contributed by atoms with Crippen LogP contribution in [0.2, 0.25) is 0 Å². The minimum absolute atomic E-state index is 0.575. The standard InChI is InChI=1S/C50H29N5/c51-30-32-24-26-39-38-15-4-9-20-45(38)55(49(39)28-32)42-17-6-1-12-35(42)33-25-27-41(34(29-33)31-52)53-46-21-10-5-16-40(46)50-47(53)22-11-23-48(50)54-43-18-7-2-13-36(43)37-14-3-8-19-44(37)54/h1-29H. The lowest BCUT2D eigenvalue weighted by Crippen LogP contribution is -2.00. The normalized spacial score (nSPS) is 11.6. The Hall–Kier alpha value is -7.86. The maximum absolute atomic E-state index is 10.9. The van der Waals surface area contributed by atoms with Crippen molar-refractivity contribution in [3.05, 3.63) is 187 Å². The summed E-state index contributed by atoms with van der Waals surface area (Å²) in [6.45, 7) is 0. The molecular weight excluding hydrogens is 671 g/mol. The summed E-state index contributed by atoms with van der Waals surface area (Å²) in [7, 11) is 0. The summed E-state index contributed by atoms with van der Waals surface area (Å²) in [6.07, 6.45) is 0. The summed E-state index contributed by atoms with van der Waals surface area (Å²) >= 11 is 0. The van der Waals surface area contributed by atoms with Gasteiger partial charge in [0.1, 0.15) is 6.07 Å². The number of nitrogens with zero attached hydrogens (tertiary/aromatic N) is 5. The molecule has 0 N–H and O–H groups in total. The molecule has 0 saturated heterocycles. The Kier molecular flexibility index (Phi) is 6.61. The minimum Gasteiger partial charge on any atom is -0.309 e. The van der Waals surface area contributed by atoms with E-state index >= 15 is 0 Å². The van der Waals surface area contributed by atoms with Gasteiger partial charge in [-0.25, -0.2) is 0 Å². The molecule has 0 unspecified atom stereocenters. The van der Waals surface area contributed by atoms with Crippen LogP contribution in [-0.4, -0.2) is 13.7 Å². The van der Waals surface area contributed by atoms with Crippen LogP contribution in [0.5, 0.6) is 0 Å². The molecule has 55 heavy (non-hydrogen) atoms. The van der Waals surface area contributed by atoms with E-state index in [0.29, 0.717) is 11.1 Å². The van der Waals surface area contributed by atoms with Gasteiger partial charge in [-0.3, -0.25) is 0 Å². The first-order valence-electron chi connectivity index (χ1n) is 18.3. The molecule has 0 radical (unpaired) electrons. The Bertz CT molecular complexity index is 3420. The maximum atomic E-state index is 10.9. The smallest absolute Gasteiger partial charge is 0.101 e. The van der Waals surface area contributed by atoms with Gasteiger partial charge in [0.25, 0.3) is 0 Å². The lowest BCUT2D eigenvalue weighted by Gasteiger charge is -2.16. The highest BCUT2D eigenvalue weighted by molar-refractivity contribution is 6.16. The fraction of sp³-hybridized carbons (Fsp3) is 0. The molecule has 8 aromatic carbocycles. The number of rotatable bonds is 4. The lowest BCUT2D eigenvalue weighted by atomic mass is 10.00. The second-order valence-corrected chi connectivity index (χ2v) is 14.0. The molecule has 5 nitrogen and oxygen atoms in total. The molecular formula is C50H29N5. The number of fused-ring (bicyclic) bond motifs is 9. The van der Waals surface area contributed by atoms with Gasteiger partial charge in [-0.05, 0) is 72.3 Å². The van der Waals surface area contributed by atoms with Crippen molar-refractivity contribution in [3.63, 3.8) is 0 Å². The van der Waals surface area contributed by atoms with Gasteiger partial charge in [-0.2, -0.15) is 10.5 Å². The van der Waals surface area contributed by atoms with Crippen LogP contribution in [0.25, 0.3) is 93.6 Å². The molecule has 0 spiro atoms. The molecule has 0 saturated carbocycles. The monoisotopic (exact) mass is 699 g/mol. The van der Waals surface area contributed by atoms with Crippen LogP contribution in [-0.2, 0) is 0 Å². The summed E-state index contributed by atoms with van der Waals surface area (Å²) in [5, 5.41) is 27.6. The number of aromatic nitrogens is 3. The third-order valence-electron chi connectivity index (χ3n) is 11.1. The van der Waals surface area contributed by atoms with Gasteiger partial charge in [0.15, 0.2) is 0 Å². The van der Waals surface area contributed by atoms with Gasteiger partial charge in [0, 0.05) is 37.9 Å². The highest BCUT2D eigenvalue weighted by atomic mass is 15.0. The average molecular weight is 700 g/mol. The fourth-order valence-electron chi connectivity index (χ4n) is 8.83. The quantitative estimate of drug-likeness (QED) is 0.184. The van der Waals surface area contributed by atoms with Crippen LogP contribution in [0.15, 0.2) is 176 Å². The molecule has 0 aliphatic carbocycles. The van der Waals surface area contributed by atoms with E-state index in [1.807, 2.05) is 42.5 Å². The zero-order valence-corrected chi connectivity index (χ0v) is 29.5. The van der Waals surface area contributed by atoms with Gasteiger partial charge in [-0.1, -0.05) is 109 Å². The maximum Gasteiger partial charge on any atom is 0.101 e. The molecule has 0 aliphatic rings. The van der Waals surface area contributed by atoms with Crippen molar-refractivity contribution in [2.24, 2.45) is 0 Å². The molecule has 254 valence electrons. The first-order valence-corrected chi connectivity index (χ1v) is 18.3. The summed E-state index contributed by atoms with van der Waals surface area (Å²) in [6, 6.07) is 65.8. The summed E-state index contributed by atoms with van der Waals surface area (Å²) in [4.78, 5) is 0. The summed E-state index contributed by atoms with van der Waals surface area (Å²) < 4.78 is 6.86. The van der Waals surface area contributed by atoms with Gasteiger partial charge in [0.05, 0.1) is 67.4 Å². The Morgan fingerprint density at radius 3 is 1.51 bits per heavy atom. The van der Waals surface area contributed by atoms with E-state index < -0.39 is 0 Å². The van der Waals surface area contributed by atoms with Crippen molar-refractivity contribution in [3.8, 4) is 40.3 Å². The van der Waals surface area contributed by atoms with Crippen LogP contribution in [0.1, 0.15) is 11.1 Å². The second kappa shape index (κ2) is 11.8. The molecule has 11 aromatic rings. The van der Waals surface area contributed by atoms with Crippen molar-refractivity contribution in [2.75, 3.05) is 0 Å². The van der Waals surface area contributed by atoms with Crippen molar-refractivity contribution in [1.29, 1.82) is 10.5 Å². The molecule has 0 bridgehead atoms. The summed E-state index contributed by atoms with van der Waals surface area (Å²) in [5.74, 6) is 0. The van der Waals surface area contributed by atoms with Crippen LogP contribution in [0.4, 0.5) is 0 Å². The highest BCUT2D eigenvalue weighted by Crippen LogP contribution is 2.42. The van der Waals surface area contributed by atoms with Gasteiger partial charge < -0.3 is 13.7 Å². The van der Waals surface area contributed by atoms with E-state index in [2.05, 4.69) is 159 Å². The van der Waals surface area contributed by atoms with Gasteiger partial charge in [-0.15, -0.1) is 0 Å². The average Bonchev–Trinajstić information content (AvgIpc) is 3.89. The Morgan fingerprint density at radius 1 is 0.345 bits per heavy atom. The highest BCUT2D eigenvalue weighted by Gasteiger charge is 2.22. The van der Waals surface area contributed by atoms with Crippen molar-refractivity contribution >= 4 is 65.4 Å². The fourth-order valence-corrected chi connectivity index (χ4v) is 8.83. The van der Waals surface area contributed by atoms with E-state index in [0.717, 1.165) is 82.8 Å². The largest absolute Gasteiger partial charge is 0.309 e. The predicted octanol–water partition coefficient (Wildman–Crippen LogP) is 12.4. The van der Waals surface area contributed by atoms with E-state index in [9.17, 15) is 10.5 Å². The van der Waals surface area contributed by atoms with E-state index in [1.165, 1.54) is 10.8 Å². The first kappa shape index (κ1) is 30.7. The van der Waals surface area contributed by atoms with Gasteiger partial charge >= 0.3 is 0 Å². The predicted molar refractivity (Wildman–Crippen MR) is 224 cm³/mol. The molecule has 5 heteroatoms. The van der Waals surface area contributed by atoms with Crippen LogP contribution < -0.4 is 0 Å². The molecule has 0 aliphatic heterocycles. The SMILES string of the molecule is N#Cc1ccc2c3ccccc3n(-c3ccccc3-c3ccc(-n4c5ccccc5c5c(-n6c7ccccc7c7ccccc76)cccc54)c(C#N)c3)c2c1. The van der Waals surface area contributed by atoms with Gasteiger partial charge in [0.2, 0.25) is 0 Å². The van der Waals surface area contributed by atoms with Crippen molar-refractivity contribution < 1.29 is 0 Å². The van der Waals surface area contributed by atoms with E-state index in [-0.39, 0.29) is 0 Å². The Labute approximate surface area is 316 Å². The van der Waals surface area contributed by atoms with E-state index in [1.54, 1.807) is 0 Å². The second-order valence-electron chi connectivity index (χ2n) is 14.0. The van der Waals surface area contributed by atoms with Crippen LogP contribution >= 0.6 is 0 Å². The molecule has 11 rings (SSSR count). The number of hydrogen-bond acceptors (Lipinski definition) is 2. The zero-order valence-electron chi connectivity index (χ0n) is 29.5. The number of nitriles is 2. The van der Waals surface area contributed by atoms with Crippen LogP contribution in [0, 0.1) is 22.7 Å². The van der Waals surface area contributed by atoms with Crippen LogP contribution in [0.3, 0.4) is 0 Å². The Morgan fingerprint density at radius 2 is 0.855 bits per heavy atom. The summed E-state index contributed by atoms with van der Waals surface area (Å²) in [5.41, 5.74) is 12.4. The topological polar surface area (TPSA) is 62.4 Å². The van der Waals surface area contributed by atoms with Crippen molar-refractivity contribution in [1.82, 2.24) is 13.7 Å². The molecule has 0 amide bonds. The third-order valence-corrected chi connectivity index (χ3v) is 11.1. The zero-order chi connectivity index (χ0) is 36.6. The molecule has 3 aromatic heterocycles.